The summed E-state index contributed by atoms with van der Waals surface area (Å²) in [6, 6.07) is 3.41. The third-order valence-corrected chi connectivity index (χ3v) is 3.59. The van der Waals surface area contributed by atoms with Crippen LogP contribution in [0, 0.1) is 0 Å². The number of pyridine rings is 1. The summed E-state index contributed by atoms with van der Waals surface area (Å²) in [6.07, 6.45) is -3.37. The number of esters is 1. The number of nitrogens with zero attached hydrogens (tertiary/aromatic N) is 3. The fourth-order valence-electron chi connectivity index (χ4n) is 2.35. The number of hydrogen-bond acceptors (Lipinski definition) is 5. The maximum Gasteiger partial charge on any atom is 0.390 e. The van der Waals surface area contributed by atoms with Crippen molar-refractivity contribution in [3.63, 3.8) is 0 Å². The van der Waals surface area contributed by atoms with Gasteiger partial charge >= 0.3 is 12.1 Å². The highest BCUT2D eigenvalue weighted by atomic mass is 19.4. The number of methoxy groups -OCH3 is 1. The van der Waals surface area contributed by atoms with Crippen LogP contribution in [0.2, 0.25) is 0 Å². The van der Waals surface area contributed by atoms with Crippen LogP contribution in [-0.2, 0) is 4.74 Å². The van der Waals surface area contributed by atoms with Crippen molar-refractivity contribution in [1.29, 1.82) is 0 Å². The zero-order valence-corrected chi connectivity index (χ0v) is 12.3. The molecule has 8 heteroatoms. The maximum atomic E-state index is 12.2. The Morgan fingerprint density at radius 1 is 1.32 bits per heavy atom. The van der Waals surface area contributed by atoms with Crippen molar-refractivity contribution >= 4 is 11.7 Å². The van der Waals surface area contributed by atoms with E-state index >= 15 is 0 Å². The monoisotopic (exact) mass is 317 g/mol. The minimum atomic E-state index is -4.11. The van der Waals surface area contributed by atoms with Gasteiger partial charge in [-0.1, -0.05) is 0 Å². The number of alkyl halides is 3. The van der Waals surface area contributed by atoms with Gasteiger partial charge in [0.15, 0.2) is 0 Å². The second-order valence-electron chi connectivity index (χ2n) is 5.08. The molecule has 0 amide bonds. The zero-order chi connectivity index (χ0) is 16.2. The van der Waals surface area contributed by atoms with Crippen LogP contribution in [0.1, 0.15) is 16.9 Å². The Labute approximate surface area is 126 Å². The summed E-state index contributed by atoms with van der Waals surface area (Å²) >= 11 is 0. The molecule has 0 atom stereocenters. The molecular weight excluding hydrogens is 299 g/mol. The molecular formula is C14H18F3N3O2. The molecule has 1 aliphatic rings. The van der Waals surface area contributed by atoms with Crippen LogP contribution in [-0.4, -0.2) is 61.9 Å². The Bertz CT molecular complexity index is 514. The number of carbonyl (C=O) groups is 1. The van der Waals surface area contributed by atoms with Gasteiger partial charge in [0.05, 0.1) is 13.5 Å². The van der Waals surface area contributed by atoms with Crippen LogP contribution >= 0.6 is 0 Å². The van der Waals surface area contributed by atoms with Crippen LogP contribution in [0.25, 0.3) is 0 Å². The van der Waals surface area contributed by atoms with Crippen molar-refractivity contribution in [3.05, 3.63) is 24.0 Å². The number of aromatic nitrogens is 1. The lowest BCUT2D eigenvalue weighted by Crippen LogP contribution is -2.47. The molecule has 2 heterocycles. The van der Waals surface area contributed by atoms with E-state index in [0.29, 0.717) is 26.2 Å². The average molecular weight is 317 g/mol. The van der Waals surface area contributed by atoms with Gasteiger partial charge in [-0.3, -0.25) is 4.90 Å². The molecule has 22 heavy (non-hydrogen) atoms. The quantitative estimate of drug-likeness (QED) is 0.794. The number of anilines is 1. The van der Waals surface area contributed by atoms with E-state index in [2.05, 4.69) is 9.72 Å². The van der Waals surface area contributed by atoms with Gasteiger partial charge < -0.3 is 9.64 Å². The molecule has 0 saturated carbocycles. The molecule has 0 N–H and O–H groups in total. The SMILES string of the molecule is COC(=O)c1cc(N2CCN(CCC(F)(F)F)CC2)ccn1. The van der Waals surface area contributed by atoms with Gasteiger partial charge in [-0.05, 0) is 12.1 Å². The first-order valence-corrected chi connectivity index (χ1v) is 6.97. The Morgan fingerprint density at radius 3 is 2.59 bits per heavy atom. The average Bonchev–Trinajstić information content (AvgIpc) is 2.52. The van der Waals surface area contributed by atoms with Crippen molar-refractivity contribution in [2.24, 2.45) is 0 Å². The van der Waals surface area contributed by atoms with Crippen molar-refractivity contribution in [1.82, 2.24) is 9.88 Å². The standard InChI is InChI=1S/C14H18F3N3O2/c1-22-13(21)12-10-11(2-4-18-12)20-8-6-19(7-9-20)5-3-14(15,16)17/h2,4,10H,3,5-9H2,1H3. The molecule has 0 aliphatic carbocycles. The van der Waals surface area contributed by atoms with Crippen LogP contribution in [0.4, 0.5) is 18.9 Å². The highest BCUT2D eigenvalue weighted by Crippen LogP contribution is 2.21. The molecule has 0 aromatic carbocycles. The largest absolute Gasteiger partial charge is 0.464 e. The van der Waals surface area contributed by atoms with Crippen LogP contribution in [0.5, 0.6) is 0 Å². The van der Waals surface area contributed by atoms with Crippen LogP contribution in [0.3, 0.4) is 0 Å². The molecule has 0 unspecified atom stereocenters. The van der Waals surface area contributed by atoms with Gasteiger partial charge in [-0.25, -0.2) is 9.78 Å². The van der Waals surface area contributed by atoms with Gasteiger partial charge in [0.2, 0.25) is 0 Å². The maximum absolute atomic E-state index is 12.2. The topological polar surface area (TPSA) is 45.7 Å². The van der Waals surface area contributed by atoms with E-state index < -0.39 is 18.6 Å². The molecule has 1 aliphatic heterocycles. The molecule has 0 bridgehead atoms. The third kappa shape index (κ3) is 4.59. The van der Waals surface area contributed by atoms with Gasteiger partial charge in [-0.15, -0.1) is 0 Å². The van der Waals surface area contributed by atoms with Crippen molar-refractivity contribution < 1.29 is 22.7 Å². The van der Waals surface area contributed by atoms with E-state index in [-0.39, 0.29) is 12.2 Å². The van der Waals surface area contributed by atoms with Crippen LogP contribution in [0.15, 0.2) is 18.3 Å². The molecule has 1 aromatic rings. The van der Waals surface area contributed by atoms with E-state index in [0.717, 1.165) is 5.69 Å². The Morgan fingerprint density at radius 2 is 2.00 bits per heavy atom. The number of hydrogen-bond donors (Lipinski definition) is 0. The fourth-order valence-corrected chi connectivity index (χ4v) is 2.35. The molecule has 5 nitrogen and oxygen atoms in total. The van der Waals surface area contributed by atoms with E-state index in [1.807, 2.05) is 4.90 Å². The lowest BCUT2D eigenvalue weighted by molar-refractivity contribution is -0.138. The van der Waals surface area contributed by atoms with Gasteiger partial charge in [0, 0.05) is 44.6 Å². The number of rotatable bonds is 4. The van der Waals surface area contributed by atoms with E-state index in [9.17, 15) is 18.0 Å². The highest BCUT2D eigenvalue weighted by molar-refractivity contribution is 5.88. The molecule has 122 valence electrons. The third-order valence-electron chi connectivity index (χ3n) is 3.59. The van der Waals surface area contributed by atoms with Gasteiger partial charge in [0.25, 0.3) is 0 Å². The first kappa shape index (κ1) is 16.5. The molecule has 0 spiro atoms. The van der Waals surface area contributed by atoms with Gasteiger partial charge in [-0.2, -0.15) is 13.2 Å². The fraction of sp³-hybridized carbons (Fsp3) is 0.571. The second-order valence-corrected chi connectivity index (χ2v) is 5.08. The number of ether oxygens (including phenoxy) is 1. The number of halogens is 3. The summed E-state index contributed by atoms with van der Waals surface area (Å²) in [4.78, 5) is 19.2. The van der Waals surface area contributed by atoms with Crippen LogP contribution < -0.4 is 4.90 Å². The predicted octanol–water partition coefficient (Wildman–Crippen LogP) is 1.94. The van der Waals surface area contributed by atoms with E-state index in [1.54, 1.807) is 17.0 Å². The van der Waals surface area contributed by atoms with E-state index in [1.165, 1.54) is 13.3 Å². The normalized spacial score (nSPS) is 16.6. The van der Waals surface area contributed by atoms with Crippen molar-refractivity contribution in [2.45, 2.75) is 12.6 Å². The summed E-state index contributed by atoms with van der Waals surface area (Å²) in [5.41, 5.74) is 1.05. The first-order chi connectivity index (χ1) is 10.4. The second kappa shape index (κ2) is 6.95. The predicted molar refractivity (Wildman–Crippen MR) is 74.9 cm³/mol. The smallest absolute Gasteiger partial charge is 0.390 e. The molecule has 2 rings (SSSR count). The summed E-state index contributed by atoms with van der Waals surface area (Å²) in [6.45, 7) is 2.38. The molecule has 1 fully saturated rings. The van der Waals surface area contributed by atoms with Gasteiger partial charge in [0.1, 0.15) is 5.69 Å². The highest BCUT2D eigenvalue weighted by Gasteiger charge is 2.28. The Balaban J connectivity index is 1.90. The summed E-state index contributed by atoms with van der Waals surface area (Å²) in [7, 11) is 1.29. The first-order valence-electron chi connectivity index (χ1n) is 6.97. The minimum absolute atomic E-state index is 0.0289. The van der Waals surface area contributed by atoms with Crippen molar-refractivity contribution in [3.8, 4) is 0 Å². The summed E-state index contributed by atoms with van der Waals surface area (Å²) < 4.78 is 41.3. The summed E-state index contributed by atoms with van der Waals surface area (Å²) in [5, 5.41) is 0. The van der Waals surface area contributed by atoms with E-state index in [4.69, 9.17) is 0 Å². The Kier molecular flexibility index (Phi) is 5.23. The number of piperazine rings is 1. The minimum Gasteiger partial charge on any atom is -0.464 e. The van der Waals surface area contributed by atoms with Crippen molar-refractivity contribution in [2.75, 3.05) is 44.7 Å². The lowest BCUT2D eigenvalue weighted by Gasteiger charge is -2.36. The summed E-state index contributed by atoms with van der Waals surface area (Å²) in [5.74, 6) is -0.509. The zero-order valence-electron chi connectivity index (χ0n) is 12.3. The lowest BCUT2D eigenvalue weighted by atomic mass is 10.2. The molecule has 1 saturated heterocycles. The number of carbonyl (C=O) groups excluding carboxylic acids is 1. The molecule has 0 radical (unpaired) electrons. The molecule has 1 aromatic heterocycles. The Hall–Kier alpha value is -1.83.